The maximum absolute atomic E-state index is 15.7. The molecule has 3 nitrogen and oxygen atoms in total. The molecule has 0 fully saturated rings. The zero-order valence-electron chi connectivity index (χ0n) is 42.0. The summed E-state index contributed by atoms with van der Waals surface area (Å²) in [5.41, 5.74) is 12.2. The molecule has 370 valence electrons. The molecular formula is C66H49F6N3. The van der Waals surface area contributed by atoms with E-state index in [1.807, 2.05) is 95.6 Å². The summed E-state index contributed by atoms with van der Waals surface area (Å²) in [4.78, 5) is 10.1. The first-order chi connectivity index (χ1) is 35.9. The maximum Gasteiger partial charge on any atom is 0.417 e. The predicted molar refractivity (Wildman–Crippen MR) is 293 cm³/mol. The van der Waals surface area contributed by atoms with Gasteiger partial charge in [-0.3, -0.25) is 0 Å². The van der Waals surface area contributed by atoms with Gasteiger partial charge in [-0.05, 0) is 152 Å². The van der Waals surface area contributed by atoms with Crippen LogP contribution < -0.4 is 0 Å². The lowest BCUT2D eigenvalue weighted by Crippen LogP contribution is -2.11. The van der Waals surface area contributed by atoms with Gasteiger partial charge in [0.25, 0.3) is 0 Å². The Morgan fingerprint density at radius 2 is 0.720 bits per heavy atom. The molecule has 0 bridgehead atoms. The van der Waals surface area contributed by atoms with Gasteiger partial charge in [0, 0.05) is 38.6 Å². The number of benzene rings is 9. The number of aryl methyl sites for hydroxylation is 6. The second-order valence-corrected chi connectivity index (χ2v) is 19.5. The van der Waals surface area contributed by atoms with E-state index in [-0.39, 0.29) is 39.3 Å². The molecule has 0 saturated heterocycles. The molecule has 0 aliphatic carbocycles. The number of rotatable bonds is 8. The molecular weight excluding hydrogens is 949 g/mol. The number of alkyl halides is 6. The molecule has 75 heavy (non-hydrogen) atoms. The maximum atomic E-state index is 15.7. The Balaban J connectivity index is 1.33. The number of hydrogen-bond acceptors (Lipinski definition) is 2. The van der Waals surface area contributed by atoms with Crippen LogP contribution in [0.1, 0.15) is 44.5 Å². The number of halogens is 6. The van der Waals surface area contributed by atoms with Crippen molar-refractivity contribution in [2.75, 3.05) is 0 Å². The Hall–Kier alpha value is -8.56. The average Bonchev–Trinajstić information content (AvgIpc) is 3.70. The van der Waals surface area contributed by atoms with E-state index in [1.54, 1.807) is 12.1 Å². The summed E-state index contributed by atoms with van der Waals surface area (Å²) >= 11 is 0. The third-order valence-corrected chi connectivity index (χ3v) is 14.2. The van der Waals surface area contributed by atoms with Gasteiger partial charge in [0.2, 0.25) is 0 Å². The largest absolute Gasteiger partial charge is 0.417 e. The summed E-state index contributed by atoms with van der Waals surface area (Å²) in [5, 5.41) is 1.54. The van der Waals surface area contributed by atoms with Crippen molar-refractivity contribution >= 4 is 21.8 Å². The van der Waals surface area contributed by atoms with E-state index < -0.39 is 23.5 Å². The lowest BCUT2D eigenvalue weighted by molar-refractivity contribution is -0.137. The van der Waals surface area contributed by atoms with E-state index in [2.05, 4.69) is 77.9 Å². The third kappa shape index (κ3) is 8.96. The fourth-order valence-electron chi connectivity index (χ4n) is 11.3. The normalized spacial score (nSPS) is 12.0. The van der Waals surface area contributed by atoms with Crippen molar-refractivity contribution in [3.63, 3.8) is 0 Å². The SMILES string of the molecule is Cc1cc(C)c(-c2ccc3c(c2)c2cc(-c4c(C)cc(C)cc4C)ccc2n3-c2c(-c3ccccc3C(F)(F)F)cc(-c3nc(-c4ccccc4)cc(-c4ccccc4)n3)cc2-c2ccccc2C(F)(F)F)c(C)c1. The second-order valence-electron chi connectivity index (χ2n) is 19.5. The van der Waals surface area contributed by atoms with E-state index in [1.165, 1.54) is 36.4 Å². The molecule has 9 aromatic carbocycles. The summed E-state index contributed by atoms with van der Waals surface area (Å²) in [5.74, 6) is 0.113. The summed E-state index contributed by atoms with van der Waals surface area (Å²) in [6.07, 6.45) is -9.73. The average molecular weight is 998 g/mol. The van der Waals surface area contributed by atoms with Gasteiger partial charge in [0.1, 0.15) is 0 Å². The molecule has 0 aliphatic heterocycles. The summed E-state index contributed by atoms with van der Waals surface area (Å²) in [6, 6.07) is 54.9. The Kier molecular flexibility index (Phi) is 12.2. The van der Waals surface area contributed by atoms with Crippen molar-refractivity contribution in [3.05, 3.63) is 233 Å². The molecule has 2 aromatic heterocycles. The summed E-state index contributed by atoms with van der Waals surface area (Å²) < 4.78 is 95.9. The Bertz CT molecular complexity index is 3740. The van der Waals surface area contributed by atoms with Crippen molar-refractivity contribution in [1.82, 2.24) is 14.5 Å². The topological polar surface area (TPSA) is 30.7 Å². The van der Waals surface area contributed by atoms with E-state index in [0.717, 1.165) is 89.7 Å². The van der Waals surface area contributed by atoms with Crippen molar-refractivity contribution in [2.45, 2.75) is 53.9 Å². The van der Waals surface area contributed by atoms with Crippen LogP contribution >= 0.6 is 0 Å². The number of hydrogen-bond donors (Lipinski definition) is 0. The quantitative estimate of drug-likeness (QED) is 0.142. The van der Waals surface area contributed by atoms with Crippen molar-refractivity contribution in [2.24, 2.45) is 0 Å². The number of fused-ring (bicyclic) bond motifs is 3. The number of aromatic nitrogens is 3. The van der Waals surface area contributed by atoms with Crippen molar-refractivity contribution in [1.29, 1.82) is 0 Å². The monoisotopic (exact) mass is 997 g/mol. The molecule has 2 heterocycles. The molecule has 0 spiro atoms. The molecule has 11 aromatic rings. The van der Waals surface area contributed by atoms with Crippen molar-refractivity contribution < 1.29 is 26.3 Å². The highest BCUT2D eigenvalue weighted by Crippen LogP contribution is 2.50. The van der Waals surface area contributed by atoms with Gasteiger partial charge in [-0.1, -0.05) is 145 Å². The summed E-state index contributed by atoms with van der Waals surface area (Å²) in [7, 11) is 0. The molecule has 0 atom stereocenters. The molecule has 0 aliphatic rings. The molecule has 0 radical (unpaired) electrons. The zero-order valence-corrected chi connectivity index (χ0v) is 42.0. The van der Waals surface area contributed by atoms with E-state index in [9.17, 15) is 0 Å². The molecule has 0 unspecified atom stereocenters. The third-order valence-electron chi connectivity index (χ3n) is 14.2. The fourth-order valence-corrected chi connectivity index (χ4v) is 11.3. The van der Waals surface area contributed by atoms with Gasteiger partial charge in [-0.2, -0.15) is 26.3 Å². The molecule has 9 heteroatoms. The summed E-state index contributed by atoms with van der Waals surface area (Å²) in [6.45, 7) is 12.4. The fraction of sp³-hybridized carbons (Fsp3) is 0.121. The molecule has 0 N–H and O–H groups in total. The lowest BCUT2D eigenvalue weighted by atomic mass is 9.88. The highest BCUT2D eigenvalue weighted by molar-refractivity contribution is 6.13. The van der Waals surface area contributed by atoms with Crippen LogP contribution in [0.3, 0.4) is 0 Å². The van der Waals surface area contributed by atoms with Gasteiger partial charge in [0.15, 0.2) is 5.82 Å². The van der Waals surface area contributed by atoms with Crippen LogP contribution in [0.25, 0.3) is 106 Å². The highest BCUT2D eigenvalue weighted by Gasteiger charge is 2.37. The Morgan fingerprint density at radius 3 is 1.11 bits per heavy atom. The van der Waals surface area contributed by atoms with E-state index >= 15 is 26.3 Å². The first-order valence-electron chi connectivity index (χ1n) is 24.7. The first-order valence-corrected chi connectivity index (χ1v) is 24.7. The van der Waals surface area contributed by atoms with Crippen molar-refractivity contribution in [3.8, 4) is 84.1 Å². The lowest BCUT2D eigenvalue weighted by Gasteiger charge is -2.24. The highest BCUT2D eigenvalue weighted by atomic mass is 19.4. The Morgan fingerprint density at radius 1 is 0.347 bits per heavy atom. The molecule has 0 saturated carbocycles. The van der Waals surface area contributed by atoms with Crippen LogP contribution in [0.2, 0.25) is 0 Å². The van der Waals surface area contributed by atoms with Crippen LogP contribution in [0.5, 0.6) is 0 Å². The number of nitrogens with zero attached hydrogens (tertiary/aromatic N) is 3. The van der Waals surface area contributed by atoms with Crippen LogP contribution in [0, 0.1) is 41.5 Å². The smallest absolute Gasteiger partial charge is 0.308 e. The van der Waals surface area contributed by atoms with Gasteiger partial charge in [-0.15, -0.1) is 0 Å². The van der Waals surface area contributed by atoms with Crippen LogP contribution in [0.4, 0.5) is 26.3 Å². The standard InChI is InChI=1S/C66H49F6N3/c1-38-29-40(3)61(41(4)30-38)46-25-27-59-51(33-46)52-34-47(62-42(5)31-39(2)32-43(62)6)26-28-60(52)75(59)63-53(49-21-13-15-23-55(49)65(67,68)69)35-48(36-54(63)50-22-14-16-24-56(50)66(70,71)72)64-73-57(44-17-9-7-10-18-44)37-58(74-64)45-19-11-8-12-20-45/h7-37H,1-6H3. The van der Waals surface area contributed by atoms with Gasteiger partial charge < -0.3 is 4.57 Å². The van der Waals surface area contributed by atoms with Gasteiger partial charge in [0.05, 0.1) is 39.2 Å². The van der Waals surface area contributed by atoms with E-state index in [0.29, 0.717) is 22.4 Å². The first kappa shape index (κ1) is 48.7. The van der Waals surface area contributed by atoms with Crippen LogP contribution in [-0.4, -0.2) is 14.5 Å². The minimum Gasteiger partial charge on any atom is -0.308 e. The van der Waals surface area contributed by atoms with Crippen LogP contribution in [0.15, 0.2) is 188 Å². The molecule has 11 rings (SSSR count). The molecule has 0 amide bonds. The predicted octanol–water partition coefficient (Wildman–Crippen LogP) is 19.1. The minimum absolute atomic E-state index is 0.0322. The zero-order chi connectivity index (χ0) is 52.5. The van der Waals surface area contributed by atoms with Gasteiger partial charge >= 0.3 is 12.4 Å². The van der Waals surface area contributed by atoms with E-state index in [4.69, 9.17) is 9.97 Å². The van der Waals surface area contributed by atoms with Gasteiger partial charge in [-0.25, -0.2) is 9.97 Å². The second kappa shape index (κ2) is 18.7. The minimum atomic E-state index is -4.86. The van der Waals surface area contributed by atoms with Crippen LogP contribution in [-0.2, 0) is 12.4 Å². The Labute approximate surface area is 431 Å².